The number of hydrogen-bond acceptors (Lipinski definition) is 5. The molecule has 0 amide bonds. The number of carbonyl (C=O) groups excluding carboxylic acids is 1. The quantitative estimate of drug-likeness (QED) is 0.344. The number of oxazole rings is 1. The molecule has 1 aromatic heterocycles. The van der Waals surface area contributed by atoms with Gasteiger partial charge in [0, 0.05) is 21.7 Å². The number of benzene rings is 3. The summed E-state index contributed by atoms with van der Waals surface area (Å²) >= 11 is 5.88. The van der Waals surface area contributed by atoms with Gasteiger partial charge in [-0.2, -0.15) is 0 Å². The highest BCUT2D eigenvalue weighted by Gasteiger charge is 2.12. The molecule has 3 aromatic carbocycles. The standard InChI is InChI=1S/C23H15ClN2O3/c24-18-10-6-17(7-11-18)22-26-20(23(28)29-22)14-25-19-12-8-16(9-13-19)21(27)15-4-2-1-3-5-15/h1-14,28H. The van der Waals surface area contributed by atoms with Gasteiger partial charge in [0.2, 0.25) is 5.89 Å². The molecule has 1 N–H and O–H groups in total. The molecule has 0 spiro atoms. The zero-order valence-corrected chi connectivity index (χ0v) is 15.9. The maximum atomic E-state index is 12.4. The first-order chi connectivity index (χ1) is 14.1. The van der Waals surface area contributed by atoms with Crippen LogP contribution in [-0.2, 0) is 0 Å². The van der Waals surface area contributed by atoms with Gasteiger partial charge in [0.1, 0.15) is 0 Å². The third kappa shape index (κ3) is 4.25. The van der Waals surface area contributed by atoms with Crippen LogP contribution in [0.15, 0.2) is 88.3 Å². The summed E-state index contributed by atoms with van der Waals surface area (Å²) in [4.78, 5) is 21.0. The highest BCUT2D eigenvalue weighted by molar-refractivity contribution is 6.30. The fraction of sp³-hybridized carbons (Fsp3) is 0. The monoisotopic (exact) mass is 402 g/mol. The van der Waals surface area contributed by atoms with Crippen molar-refractivity contribution in [1.29, 1.82) is 0 Å². The lowest BCUT2D eigenvalue weighted by Crippen LogP contribution is -2.00. The number of hydrogen-bond donors (Lipinski definition) is 1. The average Bonchev–Trinajstić information content (AvgIpc) is 3.14. The first-order valence-corrected chi connectivity index (χ1v) is 9.17. The lowest BCUT2D eigenvalue weighted by Gasteiger charge is -2.01. The van der Waals surface area contributed by atoms with Gasteiger partial charge in [-0.3, -0.25) is 9.79 Å². The van der Waals surface area contributed by atoms with E-state index in [1.54, 1.807) is 60.7 Å². The molecule has 6 heteroatoms. The Hall–Kier alpha value is -3.70. The van der Waals surface area contributed by atoms with Crippen LogP contribution in [0.2, 0.25) is 5.02 Å². The van der Waals surface area contributed by atoms with Crippen LogP contribution in [0, 0.1) is 0 Å². The van der Waals surface area contributed by atoms with E-state index in [0.717, 1.165) is 0 Å². The minimum Gasteiger partial charge on any atom is -0.479 e. The summed E-state index contributed by atoms with van der Waals surface area (Å²) in [6.07, 6.45) is 1.41. The van der Waals surface area contributed by atoms with Gasteiger partial charge < -0.3 is 9.52 Å². The Balaban J connectivity index is 1.51. The van der Waals surface area contributed by atoms with Crippen molar-refractivity contribution in [2.24, 2.45) is 4.99 Å². The SMILES string of the molecule is O=C(c1ccccc1)c1ccc(N=Cc2nc(-c3ccc(Cl)cc3)oc2O)cc1. The largest absolute Gasteiger partial charge is 0.479 e. The van der Waals surface area contributed by atoms with Crippen molar-refractivity contribution < 1.29 is 14.3 Å². The van der Waals surface area contributed by atoms with Crippen LogP contribution in [0.3, 0.4) is 0 Å². The van der Waals surface area contributed by atoms with Crippen LogP contribution in [-0.4, -0.2) is 22.1 Å². The average molecular weight is 403 g/mol. The first kappa shape index (κ1) is 18.7. The molecule has 0 saturated carbocycles. The second-order valence-corrected chi connectivity index (χ2v) is 6.65. The summed E-state index contributed by atoms with van der Waals surface area (Å²) < 4.78 is 5.29. The normalized spacial score (nSPS) is 11.1. The smallest absolute Gasteiger partial charge is 0.312 e. The topological polar surface area (TPSA) is 75.7 Å². The van der Waals surface area contributed by atoms with E-state index in [1.165, 1.54) is 6.21 Å². The number of halogens is 1. The van der Waals surface area contributed by atoms with Crippen molar-refractivity contribution >= 4 is 29.3 Å². The Morgan fingerprint density at radius 2 is 1.59 bits per heavy atom. The maximum absolute atomic E-state index is 12.4. The first-order valence-electron chi connectivity index (χ1n) is 8.80. The van der Waals surface area contributed by atoms with E-state index in [1.807, 2.05) is 18.2 Å². The van der Waals surface area contributed by atoms with Crippen LogP contribution in [0.1, 0.15) is 21.6 Å². The van der Waals surface area contributed by atoms with Gasteiger partial charge in [-0.1, -0.05) is 41.9 Å². The lowest BCUT2D eigenvalue weighted by molar-refractivity contribution is 0.103. The summed E-state index contributed by atoms with van der Waals surface area (Å²) in [5, 5.41) is 10.6. The van der Waals surface area contributed by atoms with Gasteiger partial charge in [-0.25, -0.2) is 4.98 Å². The molecule has 1 heterocycles. The van der Waals surface area contributed by atoms with Crippen molar-refractivity contribution in [2.75, 3.05) is 0 Å². The number of ketones is 1. The highest BCUT2D eigenvalue weighted by atomic mass is 35.5. The molecule has 4 rings (SSSR count). The lowest BCUT2D eigenvalue weighted by atomic mass is 10.0. The van der Waals surface area contributed by atoms with Gasteiger partial charge in [0.25, 0.3) is 0 Å². The number of rotatable bonds is 5. The summed E-state index contributed by atoms with van der Waals surface area (Å²) in [6.45, 7) is 0. The van der Waals surface area contributed by atoms with E-state index in [0.29, 0.717) is 27.4 Å². The van der Waals surface area contributed by atoms with E-state index in [9.17, 15) is 9.90 Å². The van der Waals surface area contributed by atoms with Crippen LogP contribution >= 0.6 is 11.6 Å². The summed E-state index contributed by atoms with van der Waals surface area (Å²) in [6, 6.07) is 22.9. The van der Waals surface area contributed by atoms with Crippen LogP contribution < -0.4 is 0 Å². The maximum Gasteiger partial charge on any atom is 0.312 e. The number of nitrogens with zero attached hydrogens (tertiary/aromatic N) is 2. The molecular weight excluding hydrogens is 388 g/mol. The molecule has 142 valence electrons. The van der Waals surface area contributed by atoms with Gasteiger partial charge in [0.05, 0.1) is 11.9 Å². The Bertz CT molecular complexity index is 1170. The zero-order valence-electron chi connectivity index (χ0n) is 15.1. The predicted molar refractivity (Wildman–Crippen MR) is 112 cm³/mol. The Labute approximate surface area is 172 Å². The van der Waals surface area contributed by atoms with Crippen molar-refractivity contribution in [1.82, 2.24) is 4.98 Å². The Kier molecular flexibility index (Phi) is 5.22. The number of aliphatic imine (C=N–C) groups is 1. The molecule has 0 atom stereocenters. The molecule has 4 aromatic rings. The number of aromatic nitrogens is 1. The van der Waals surface area contributed by atoms with Gasteiger partial charge in [0.15, 0.2) is 11.5 Å². The van der Waals surface area contributed by atoms with E-state index < -0.39 is 0 Å². The third-order valence-corrected chi connectivity index (χ3v) is 4.48. The van der Waals surface area contributed by atoms with Crippen LogP contribution in [0.4, 0.5) is 5.69 Å². The van der Waals surface area contributed by atoms with Crippen molar-refractivity contribution in [2.45, 2.75) is 0 Å². The summed E-state index contributed by atoms with van der Waals surface area (Å²) in [7, 11) is 0. The Morgan fingerprint density at radius 1 is 0.931 bits per heavy atom. The minimum absolute atomic E-state index is 0.0529. The molecule has 0 radical (unpaired) electrons. The Morgan fingerprint density at radius 3 is 2.28 bits per heavy atom. The van der Waals surface area contributed by atoms with Gasteiger partial charge in [-0.05, 0) is 48.5 Å². The predicted octanol–water partition coefficient (Wildman–Crippen LogP) is 5.68. The molecule has 0 bridgehead atoms. The van der Waals surface area contributed by atoms with Crippen LogP contribution in [0.5, 0.6) is 5.95 Å². The van der Waals surface area contributed by atoms with E-state index in [-0.39, 0.29) is 23.3 Å². The van der Waals surface area contributed by atoms with Crippen molar-refractivity contribution in [3.8, 4) is 17.4 Å². The van der Waals surface area contributed by atoms with Gasteiger partial charge in [-0.15, -0.1) is 0 Å². The van der Waals surface area contributed by atoms with E-state index >= 15 is 0 Å². The number of carbonyl (C=O) groups is 1. The van der Waals surface area contributed by atoms with Crippen molar-refractivity contribution in [3.05, 3.63) is 101 Å². The summed E-state index contributed by atoms with van der Waals surface area (Å²) in [5.74, 6) is -0.109. The molecule has 0 saturated heterocycles. The molecule has 5 nitrogen and oxygen atoms in total. The second-order valence-electron chi connectivity index (χ2n) is 6.22. The molecule has 0 aliphatic heterocycles. The van der Waals surface area contributed by atoms with Crippen LogP contribution in [0.25, 0.3) is 11.5 Å². The molecular formula is C23H15ClN2O3. The van der Waals surface area contributed by atoms with Gasteiger partial charge >= 0.3 is 5.95 Å². The molecule has 0 aliphatic carbocycles. The highest BCUT2D eigenvalue weighted by Crippen LogP contribution is 2.27. The molecule has 0 unspecified atom stereocenters. The minimum atomic E-state index is -0.324. The fourth-order valence-electron chi connectivity index (χ4n) is 2.71. The third-order valence-electron chi connectivity index (χ3n) is 4.23. The summed E-state index contributed by atoms with van der Waals surface area (Å²) in [5.41, 5.74) is 2.72. The fourth-order valence-corrected chi connectivity index (χ4v) is 2.84. The van der Waals surface area contributed by atoms with E-state index in [2.05, 4.69) is 9.98 Å². The molecule has 29 heavy (non-hydrogen) atoms. The zero-order chi connectivity index (χ0) is 20.2. The van der Waals surface area contributed by atoms with Crippen molar-refractivity contribution in [3.63, 3.8) is 0 Å². The number of aromatic hydroxyl groups is 1. The molecule has 0 aliphatic rings. The molecule has 0 fully saturated rings. The second kappa shape index (κ2) is 8.12. The van der Waals surface area contributed by atoms with E-state index in [4.69, 9.17) is 16.0 Å².